The molecule has 2 rings (SSSR count). The molecule has 0 bridgehead atoms. The lowest BCUT2D eigenvalue weighted by molar-refractivity contribution is 0.0944. The second-order valence-electron chi connectivity index (χ2n) is 5.10. The van der Waals surface area contributed by atoms with E-state index < -0.39 is 0 Å². The zero-order valence-electron chi connectivity index (χ0n) is 11.1. The Morgan fingerprint density at radius 1 is 1.56 bits per heavy atom. The molecule has 2 heterocycles. The normalized spacial score (nSPS) is 15.3. The Kier molecular flexibility index (Phi) is 3.97. The maximum Gasteiger partial charge on any atom is 0.272 e. The quantitative estimate of drug-likeness (QED) is 0.760. The third-order valence-electron chi connectivity index (χ3n) is 3.25. The van der Waals surface area contributed by atoms with E-state index in [1.807, 2.05) is 6.26 Å². The molecule has 0 spiro atoms. The zero-order chi connectivity index (χ0) is 13.2. The Morgan fingerprint density at radius 2 is 2.33 bits per heavy atom. The Bertz CT molecular complexity index is 441. The number of aromatic amines is 1. The van der Waals surface area contributed by atoms with E-state index in [1.54, 1.807) is 11.8 Å². The Labute approximate surface area is 111 Å². The molecule has 5 nitrogen and oxygen atoms in total. The van der Waals surface area contributed by atoms with Crippen LogP contribution < -0.4 is 10.6 Å². The molecule has 0 saturated carbocycles. The summed E-state index contributed by atoms with van der Waals surface area (Å²) in [5.41, 5.74) is 2.64. The molecule has 0 unspecified atom stereocenters. The number of rotatable bonds is 4. The van der Waals surface area contributed by atoms with Gasteiger partial charge in [-0.1, -0.05) is 0 Å². The van der Waals surface area contributed by atoms with Gasteiger partial charge in [-0.3, -0.25) is 9.89 Å². The number of thioether (sulfide) groups is 1. The van der Waals surface area contributed by atoms with Crippen molar-refractivity contribution < 1.29 is 4.79 Å². The Morgan fingerprint density at radius 3 is 3.06 bits per heavy atom. The van der Waals surface area contributed by atoms with E-state index >= 15 is 0 Å². The Hall–Kier alpha value is -1.01. The van der Waals surface area contributed by atoms with Gasteiger partial charge in [0.1, 0.15) is 0 Å². The number of carbonyl (C=O) groups is 1. The molecule has 0 atom stereocenters. The molecule has 6 heteroatoms. The van der Waals surface area contributed by atoms with Gasteiger partial charge >= 0.3 is 0 Å². The van der Waals surface area contributed by atoms with E-state index in [0.29, 0.717) is 12.2 Å². The molecular formula is C12H20N4OS. The van der Waals surface area contributed by atoms with Crippen LogP contribution in [0.4, 0.5) is 0 Å². The molecule has 0 aromatic carbocycles. The van der Waals surface area contributed by atoms with E-state index in [1.165, 1.54) is 0 Å². The van der Waals surface area contributed by atoms with Crippen molar-refractivity contribution in [1.82, 2.24) is 20.8 Å². The minimum atomic E-state index is -0.0849. The minimum Gasteiger partial charge on any atom is -0.349 e. The van der Waals surface area contributed by atoms with Crippen molar-refractivity contribution in [2.45, 2.75) is 31.6 Å². The highest BCUT2D eigenvalue weighted by molar-refractivity contribution is 7.99. The van der Waals surface area contributed by atoms with Crippen molar-refractivity contribution >= 4 is 17.7 Å². The lowest BCUT2D eigenvalue weighted by Gasteiger charge is -2.22. The van der Waals surface area contributed by atoms with Gasteiger partial charge in [-0.05, 0) is 20.1 Å². The van der Waals surface area contributed by atoms with Gasteiger partial charge in [0.2, 0.25) is 0 Å². The van der Waals surface area contributed by atoms with Crippen LogP contribution in [0.3, 0.4) is 0 Å². The number of H-pyrrole nitrogens is 1. The second-order valence-corrected chi connectivity index (χ2v) is 6.62. The Balaban J connectivity index is 2.03. The maximum absolute atomic E-state index is 12.1. The lowest BCUT2D eigenvalue weighted by Crippen LogP contribution is -2.37. The number of nitrogens with one attached hydrogen (secondary N) is 3. The summed E-state index contributed by atoms with van der Waals surface area (Å²) in [5.74, 6) is -0.0849. The topological polar surface area (TPSA) is 69.8 Å². The number of hydrogen-bond donors (Lipinski definition) is 3. The van der Waals surface area contributed by atoms with Crippen molar-refractivity contribution in [3.05, 3.63) is 17.0 Å². The number of carbonyl (C=O) groups excluding carboxylic acids is 1. The van der Waals surface area contributed by atoms with Crippen LogP contribution in [0.15, 0.2) is 0 Å². The summed E-state index contributed by atoms with van der Waals surface area (Å²) in [6.45, 7) is 6.53. The first-order valence-corrected chi connectivity index (χ1v) is 7.36. The number of hydrogen-bond acceptors (Lipinski definition) is 4. The first kappa shape index (κ1) is 13.4. The summed E-state index contributed by atoms with van der Waals surface area (Å²) < 4.78 is 0.0459. The van der Waals surface area contributed by atoms with Gasteiger partial charge in [0.15, 0.2) is 5.69 Å². The van der Waals surface area contributed by atoms with Gasteiger partial charge < -0.3 is 10.6 Å². The molecule has 1 amide bonds. The molecule has 3 N–H and O–H groups in total. The number of fused-ring (bicyclic) bond motifs is 1. The van der Waals surface area contributed by atoms with Crippen LogP contribution in [0.5, 0.6) is 0 Å². The fourth-order valence-corrected chi connectivity index (χ4v) is 2.08. The predicted octanol–water partition coefficient (Wildman–Crippen LogP) is 0.927. The van der Waals surface area contributed by atoms with Crippen molar-refractivity contribution in [2.24, 2.45) is 0 Å². The summed E-state index contributed by atoms with van der Waals surface area (Å²) in [6, 6.07) is 0. The summed E-state index contributed by atoms with van der Waals surface area (Å²) in [4.78, 5) is 12.1. The zero-order valence-corrected chi connectivity index (χ0v) is 11.9. The van der Waals surface area contributed by atoms with Crippen LogP contribution in [0.2, 0.25) is 0 Å². The maximum atomic E-state index is 12.1. The predicted molar refractivity (Wildman–Crippen MR) is 73.9 cm³/mol. The monoisotopic (exact) mass is 268 g/mol. The summed E-state index contributed by atoms with van der Waals surface area (Å²) >= 11 is 1.74. The average molecular weight is 268 g/mol. The van der Waals surface area contributed by atoms with Crippen molar-refractivity contribution in [1.29, 1.82) is 0 Å². The SMILES string of the molecule is CSC(C)(C)CNC(=O)c1n[nH]c2c1CNCC2. The molecule has 1 aromatic rings. The van der Waals surface area contributed by atoms with Crippen LogP contribution in [0.1, 0.15) is 35.6 Å². The van der Waals surface area contributed by atoms with Gasteiger partial charge in [-0.2, -0.15) is 16.9 Å². The number of aromatic nitrogens is 2. The van der Waals surface area contributed by atoms with Gasteiger partial charge in [0.25, 0.3) is 5.91 Å². The molecule has 1 aliphatic rings. The summed E-state index contributed by atoms with van der Waals surface area (Å²) in [6.07, 6.45) is 2.96. The van der Waals surface area contributed by atoms with E-state index in [9.17, 15) is 4.79 Å². The third kappa shape index (κ3) is 2.87. The molecule has 100 valence electrons. The van der Waals surface area contributed by atoms with Crippen molar-refractivity contribution in [3.8, 4) is 0 Å². The van der Waals surface area contributed by atoms with Crippen LogP contribution in [-0.4, -0.2) is 40.2 Å². The van der Waals surface area contributed by atoms with Crippen molar-refractivity contribution in [3.63, 3.8) is 0 Å². The molecule has 0 saturated heterocycles. The number of nitrogens with zero attached hydrogens (tertiary/aromatic N) is 1. The molecular weight excluding hydrogens is 248 g/mol. The standard InChI is InChI=1S/C12H20N4OS/c1-12(2,18-3)7-14-11(17)10-8-6-13-5-4-9(8)15-16-10/h13H,4-7H2,1-3H3,(H,14,17)(H,15,16). The van der Waals surface area contributed by atoms with Gasteiger partial charge in [-0.15, -0.1) is 0 Å². The molecule has 0 aliphatic carbocycles. The number of amides is 1. The van der Waals surface area contributed by atoms with Crippen LogP contribution >= 0.6 is 11.8 Å². The van der Waals surface area contributed by atoms with Crippen molar-refractivity contribution in [2.75, 3.05) is 19.3 Å². The molecule has 1 aromatic heterocycles. The smallest absolute Gasteiger partial charge is 0.272 e. The van der Waals surface area contributed by atoms with E-state index in [2.05, 4.69) is 34.7 Å². The minimum absolute atomic E-state index is 0.0459. The molecule has 1 aliphatic heterocycles. The van der Waals surface area contributed by atoms with E-state index in [4.69, 9.17) is 0 Å². The third-order valence-corrected chi connectivity index (χ3v) is 4.50. The van der Waals surface area contributed by atoms with Crippen LogP contribution in [0.25, 0.3) is 0 Å². The first-order valence-electron chi connectivity index (χ1n) is 6.14. The van der Waals surface area contributed by atoms with Crippen LogP contribution in [-0.2, 0) is 13.0 Å². The molecule has 18 heavy (non-hydrogen) atoms. The van der Waals surface area contributed by atoms with Crippen LogP contribution in [0, 0.1) is 0 Å². The highest BCUT2D eigenvalue weighted by atomic mass is 32.2. The van der Waals surface area contributed by atoms with Gasteiger partial charge in [0.05, 0.1) is 0 Å². The first-order chi connectivity index (χ1) is 8.53. The van der Waals surface area contributed by atoms with E-state index in [-0.39, 0.29) is 10.7 Å². The highest BCUT2D eigenvalue weighted by Gasteiger charge is 2.23. The lowest BCUT2D eigenvalue weighted by atomic mass is 10.1. The van der Waals surface area contributed by atoms with Gasteiger partial charge in [-0.25, -0.2) is 0 Å². The van der Waals surface area contributed by atoms with Gasteiger partial charge in [0, 0.05) is 42.1 Å². The molecule has 0 fully saturated rings. The largest absolute Gasteiger partial charge is 0.349 e. The summed E-state index contributed by atoms with van der Waals surface area (Å²) in [7, 11) is 0. The average Bonchev–Trinajstić information content (AvgIpc) is 2.80. The fraction of sp³-hybridized carbons (Fsp3) is 0.667. The van der Waals surface area contributed by atoms with E-state index in [0.717, 1.165) is 30.8 Å². The molecule has 0 radical (unpaired) electrons. The summed E-state index contributed by atoms with van der Waals surface area (Å²) in [5, 5.41) is 13.3. The highest BCUT2D eigenvalue weighted by Crippen LogP contribution is 2.20. The second kappa shape index (κ2) is 5.32. The fourth-order valence-electron chi connectivity index (χ4n) is 1.86.